The molecule has 6 heteroatoms. The standard InChI is InChI=1S/C20H23FN4O/c21-15-5-7-17(8-6-15)24-13-14-25(19-4-2-1-3-18(19)24)20(26)23-16-9-11-22-12-10-16/h1-8,16,22H,9-14H2,(H,23,26). The Bertz CT molecular complexity index is 774. The van der Waals surface area contributed by atoms with E-state index in [1.54, 1.807) is 12.1 Å². The number of piperidine rings is 1. The van der Waals surface area contributed by atoms with Crippen LogP contribution in [-0.2, 0) is 0 Å². The van der Waals surface area contributed by atoms with Gasteiger partial charge in [-0.25, -0.2) is 9.18 Å². The molecular formula is C20H23FN4O. The van der Waals surface area contributed by atoms with Gasteiger partial charge in [-0.1, -0.05) is 12.1 Å². The number of hydrogen-bond acceptors (Lipinski definition) is 3. The molecule has 0 atom stereocenters. The van der Waals surface area contributed by atoms with E-state index in [0.717, 1.165) is 43.0 Å². The van der Waals surface area contributed by atoms with Crippen LogP contribution in [0.4, 0.5) is 26.2 Å². The summed E-state index contributed by atoms with van der Waals surface area (Å²) in [7, 11) is 0. The Hall–Kier alpha value is -2.60. The summed E-state index contributed by atoms with van der Waals surface area (Å²) in [6.45, 7) is 3.15. The molecule has 4 rings (SSSR count). The molecule has 0 saturated carbocycles. The molecule has 2 aliphatic heterocycles. The molecule has 0 bridgehead atoms. The topological polar surface area (TPSA) is 47.6 Å². The van der Waals surface area contributed by atoms with Crippen LogP contribution < -0.4 is 20.4 Å². The molecule has 2 heterocycles. The molecule has 2 aromatic carbocycles. The zero-order chi connectivity index (χ0) is 17.9. The van der Waals surface area contributed by atoms with Crippen LogP contribution in [0.1, 0.15) is 12.8 Å². The highest BCUT2D eigenvalue weighted by atomic mass is 19.1. The number of anilines is 3. The fourth-order valence-corrected chi connectivity index (χ4v) is 3.68. The Labute approximate surface area is 152 Å². The van der Waals surface area contributed by atoms with E-state index in [2.05, 4.69) is 15.5 Å². The summed E-state index contributed by atoms with van der Waals surface area (Å²) < 4.78 is 13.3. The number of fused-ring (bicyclic) bond motifs is 1. The summed E-state index contributed by atoms with van der Waals surface area (Å²) in [5.41, 5.74) is 2.78. The maximum Gasteiger partial charge on any atom is 0.322 e. The van der Waals surface area contributed by atoms with Gasteiger partial charge in [-0.2, -0.15) is 0 Å². The van der Waals surface area contributed by atoms with Crippen LogP contribution in [0.25, 0.3) is 0 Å². The van der Waals surface area contributed by atoms with E-state index < -0.39 is 0 Å². The highest BCUT2D eigenvalue weighted by Gasteiger charge is 2.28. The molecule has 2 amide bonds. The largest absolute Gasteiger partial charge is 0.338 e. The Kier molecular flexibility index (Phi) is 4.75. The number of carbonyl (C=O) groups is 1. The number of hydrogen-bond donors (Lipinski definition) is 2. The zero-order valence-electron chi connectivity index (χ0n) is 14.6. The third kappa shape index (κ3) is 3.37. The van der Waals surface area contributed by atoms with Gasteiger partial charge in [-0.05, 0) is 62.3 Å². The second-order valence-electron chi connectivity index (χ2n) is 6.74. The van der Waals surface area contributed by atoms with Crippen molar-refractivity contribution in [1.82, 2.24) is 10.6 Å². The van der Waals surface area contributed by atoms with Crippen molar-refractivity contribution in [2.45, 2.75) is 18.9 Å². The number of urea groups is 1. The number of nitrogens with zero attached hydrogens (tertiary/aromatic N) is 2. The lowest BCUT2D eigenvalue weighted by atomic mass is 10.1. The summed E-state index contributed by atoms with van der Waals surface area (Å²) in [6, 6.07) is 14.5. The fraction of sp³-hybridized carbons (Fsp3) is 0.350. The molecule has 1 fully saturated rings. The van der Waals surface area contributed by atoms with Crippen LogP contribution in [-0.4, -0.2) is 38.3 Å². The van der Waals surface area contributed by atoms with Crippen LogP contribution in [0, 0.1) is 5.82 Å². The first-order valence-corrected chi connectivity index (χ1v) is 9.13. The highest BCUT2D eigenvalue weighted by molar-refractivity contribution is 5.98. The van der Waals surface area contributed by atoms with Crippen LogP contribution in [0.15, 0.2) is 48.5 Å². The lowest BCUT2D eigenvalue weighted by Crippen LogP contribution is -2.51. The fourth-order valence-electron chi connectivity index (χ4n) is 3.68. The van der Waals surface area contributed by atoms with Crippen molar-refractivity contribution >= 4 is 23.1 Å². The molecule has 2 aromatic rings. The predicted molar refractivity (Wildman–Crippen MR) is 102 cm³/mol. The summed E-state index contributed by atoms with van der Waals surface area (Å²) >= 11 is 0. The van der Waals surface area contributed by atoms with Crippen molar-refractivity contribution in [3.05, 3.63) is 54.3 Å². The summed E-state index contributed by atoms with van der Waals surface area (Å²) in [6.07, 6.45) is 1.92. The number of amides is 2. The number of rotatable bonds is 2. The minimum absolute atomic E-state index is 0.0388. The van der Waals surface area contributed by atoms with E-state index in [1.807, 2.05) is 29.2 Å². The Morgan fingerprint density at radius 1 is 1.00 bits per heavy atom. The number of nitrogens with one attached hydrogen (secondary N) is 2. The average Bonchev–Trinajstić information content (AvgIpc) is 2.68. The van der Waals surface area contributed by atoms with Crippen molar-refractivity contribution < 1.29 is 9.18 Å². The van der Waals surface area contributed by atoms with Crippen molar-refractivity contribution in [2.24, 2.45) is 0 Å². The van der Waals surface area contributed by atoms with Crippen molar-refractivity contribution in [3.63, 3.8) is 0 Å². The minimum Gasteiger partial charge on any atom is -0.338 e. The van der Waals surface area contributed by atoms with E-state index >= 15 is 0 Å². The minimum atomic E-state index is -0.248. The van der Waals surface area contributed by atoms with Crippen LogP contribution in [0.3, 0.4) is 0 Å². The Morgan fingerprint density at radius 3 is 2.42 bits per heavy atom. The van der Waals surface area contributed by atoms with E-state index in [1.165, 1.54) is 12.1 Å². The Morgan fingerprint density at radius 2 is 1.69 bits per heavy atom. The van der Waals surface area contributed by atoms with Gasteiger partial charge in [0.15, 0.2) is 0 Å². The van der Waals surface area contributed by atoms with Gasteiger partial charge < -0.3 is 15.5 Å². The highest BCUT2D eigenvalue weighted by Crippen LogP contribution is 2.37. The molecular weight excluding hydrogens is 331 g/mol. The van der Waals surface area contributed by atoms with Crippen molar-refractivity contribution in [1.29, 1.82) is 0 Å². The van der Waals surface area contributed by atoms with Gasteiger partial charge in [-0.15, -0.1) is 0 Å². The van der Waals surface area contributed by atoms with Crippen molar-refractivity contribution in [3.8, 4) is 0 Å². The van der Waals surface area contributed by atoms with Gasteiger partial charge in [0.2, 0.25) is 0 Å². The third-order valence-electron chi connectivity index (χ3n) is 5.06. The lowest BCUT2D eigenvalue weighted by molar-refractivity contribution is 0.239. The van der Waals surface area contributed by atoms with Gasteiger partial charge in [-0.3, -0.25) is 4.90 Å². The molecule has 0 aliphatic carbocycles. The average molecular weight is 354 g/mol. The molecule has 0 radical (unpaired) electrons. The maximum absolute atomic E-state index is 13.3. The number of halogens is 1. The predicted octanol–water partition coefficient (Wildman–Crippen LogP) is 3.25. The number of carbonyl (C=O) groups excluding carboxylic acids is 1. The van der Waals surface area contributed by atoms with Gasteiger partial charge >= 0.3 is 6.03 Å². The molecule has 0 spiro atoms. The molecule has 5 nitrogen and oxygen atoms in total. The van der Waals surface area contributed by atoms with Gasteiger partial charge in [0, 0.05) is 24.8 Å². The molecule has 0 aromatic heterocycles. The summed E-state index contributed by atoms with van der Waals surface area (Å²) in [5.74, 6) is -0.248. The number of benzene rings is 2. The molecule has 26 heavy (non-hydrogen) atoms. The molecule has 2 aliphatic rings. The van der Waals surface area contributed by atoms with Gasteiger partial charge in [0.05, 0.1) is 11.4 Å². The monoisotopic (exact) mass is 354 g/mol. The first kappa shape index (κ1) is 16.8. The third-order valence-corrected chi connectivity index (χ3v) is 5.06. The van der Waals surface area contributed by atoms with E-state index in [4.69, 9.17) is 0 Å². The molecule has 2 N–H and O–H groups in total. The SMILES string of the molecule is O=C(NC1CCNCC1)N1CCN(c2ccc(F)cc2)c2ccccc21. The van der Waals surface area contributed by atoms with E-state index in [-0.39, 0.29) is 17.9 Å². The first-order valence-electron chi connectivity index (χ1n) is 9.13. The first-order chi connectivity index (χ1) is 12.7. The smallest absolute Gasteiger partial charge is 0.322 e. The van der Waals surface area contributed by atoms with E-state index in [0.29, 0.717) is 13.1 Å². The summed E-state index contributed by atoms with van der Waals surface area (Å²) in [5, 5.41) is 6.48. The zero-order valence-corrected chi connectivity index (χ0v) is 14.6. The second kappa shape index (κ2) is 7.33. The van der Waals surface area contributed by atoms with E-state index in [9.17, 15) is 9.18 Å². The molecule has 1 saturated heterocycles. The lowest BCUT2D eigenvalue weighted by Gasteiger charge is -2.38. The van der Waals surface area contributed by atoms with Crippen LogP contribution >= 0.6 is 0 Å². The molecule has 0 unspecified atom stereocenters. The Balaban J connectivity index is 1.57. The second-order valence-corrected chi connectivity index (χ2v) is 6.74. The van der Waals surface area contributed by atoms with Gasteiger partial charge in [0.1, 0.15) is 5.82 Å². The quantitative estimate of drug-likeness (QED) is 0.870. The van der Waals surface area contributed by atoms with Crippen LogP contribution in [0.5, 0.6) is 0 Å². The van der Waals surface area contributed by atoms with Crippen LogP contribution in [0.2, 0.25) is 0 Å². The normalized spacial score (nSPS) is 17.7. The molecule has 136 valence electrons. The summed E-state index contributed by atoms with van der Waals surface area (Å²) in [4.78, 5) is 16.8. The van der Waals surface area contributed by atoms with Gasteiger partial charge in [0.25, 0.3) is 0 Å². The number of para-hydroxylation sites is 2. The van der Waals surface area contributed by atoms with Crippen molar-refractivity contribution in [2.75, 3.05) is 36.0 Å². The maximum atomic E-state index is 13.3.